The number of anilines is 1. The number of guanidine groups is 1. The number of hydrogen-bond acceptors (Lipinski definition) is 3. The predicted molar refractivity (Wildman–Crippen MR) is 99.0 cm³/mol. The van der Waals surface area contributed by atoms with Crippen molar-refractivity contribution in [2.45, 2.75) is 18.9 Å². The van der Waals surface area contributed by atoms with Gasteiger partial charge in [0.2, 0.25) is 0 Å². The van der Waals surface area contributed by atoms with Gasteiger partial charge in [0, 0.05) is 49.9 Å². The molecule has 0 bridgehead atoms. The summed E-state index contributed by atoms with van der Waals surface area (Å²) in [6, 6.07) is 12.3. The van der Waals surface area contributed by atoms with Gasteiger partial charge >= 0.3 is 0 Å². The normalized spacial score (nSPS) is 18.0. The molecule has 3 rings (SSSR count). The molecular weight excluding hydrogens is 324 g/mol. The second-order valence-electron chi connectivity index (χ2n) is 5.88. The Kier molecular flexibility index (Phi) is 5.64. The molecule has 2 aromatic rings. The third-order valence-corrected chi connectivity index (χ3v) is 4.41. The largest absolute Gasteiger partial charge is 0.469 e. The molecule has 2 N–H and O–H groups in total. The van der Waals surface area contributed by atoms with Gasteiger partial charge in [-0.25, -0.2) is 0 Å². The van der Waals surface area contributed by atoms with Gasteiger partial charge in [-0.2, -0.15) is 0 Å². The van der Waals surface area contributed by atoms with E-state index < -0.39 is 0 Å². The SMILES string of the molecule is CN=C(NCCc1ccco1)NC1CCN(c2cccc(Cl)c2)C1. The van der Waals surface area contributed by atoms with Crippen LogP contribution in [0.2, 0.25) is 5.02 Å². The lowest BCUT2D eigenvalue weighted by Gasteiger charge is -2.20. The Morgan fingerprint density at radius 1 is 1.38 bits per heavy atom. The maximum atomic E-state index is 6.09. The summed E-state index contributed by atoms with van der Waals surface area (Å²) in [4.78, 5) is 6.65. The lowest BCUT2D eigenvalue weighted by atomic mass is 10.2. The number of hydrogen-bond donors (Lipinski definition) is 2. The molecule has 2 heterocycles. The Labute approximate surface area is 147 Å². The summed E-state index contributed by atoms with van der Waals surface area (Å²) < 4.78 is 5.34. The zero-order valence-corrected chi connectivity index (χ0v) is 14.6. The Hall–Kier alpha value is -2.14. The van der Waals surface area contributed by atoms with Crippen LogP contribution in [0.3, 0.4) is 0 Å². The summed E-state index contributed by atoms with van der Waals surface area (Å²) in [5.41, 5.74) is 1.17. The first-order chi connectivity index (χ1) is 11.7. The van der Waals surface area contributed by atoms with Crippen LogP contribution >= 0.6 is 11.6 Å². The van der Waals surface area contributed by atoms with Crippen LogP contribution in [-0.4, -0.2) is 38.7 Å². The fourth-order valence-corrected chi connectivity index (χ4v) is 3.12. The smallest absolute Gasteiger partial charge is 0.191 e. The van der Waals surface area contributed by atoms with Crippen molar-refractivity contribution in [1.29, 1.82) is 0 Å². The van der Waals surface area contributed by atoms with Gasteiger partial charge in [0.05, 0.1) is 6.26 Å². The number of aliphatic imine (C=N–C) groups is 1. The molecule has 1 fully saturated rings. The molecule has 5 nitrogen and oxygen atoms in total. The van der Waals surface area contributed by atoms with Gasteiger partial charge in [-0.1, -0.05) is 17.7 Å². The number of rotatable bonds is 5. The van der Waals surface area contributed by atoms with E-state index >= 15 is 0 Å². The van der Waals surface area contributed by atoms with Gasteiger partial charge in [-0.05, 0) is 36.8 Å². The topological polar surface area (TPSA) is 52.8 Å². The molecule has 1 aliphatic rings. The second kappa shape index (κ2) is 8.11. The third-order valence-electron chi connectivity index (χ3n) is 4.17. The van der Waals surface area contributed by atoms with Crippen molar-refractivity contribution in [2.75, 3.05) is 31.6 Å². The van der Waals surface area contributed by atoms with Crippen molar-refractivity contribution < 1.29 is 4.42 Å². The maximum Gasteiger partial charge on any atom is 0.191 e. The summed E-state index contributed by atoms with van der Waals surface area (Å²) in [6.45, 7) is 2.75. The fourth-order valence-electron chi connectivity index (χ4n) is 2.93. The van der Waals surface area contributed by atoms with Gasteiger partial charge in [0.1, 0.15) is 5.76 Å². The Morgan fingerprint density at radius 2 is 2.29 bits per heavy atom. The minimum atomic E-state index is 0.374. The molecule has 0 aliphatic carbocycles. The average Bonchev–Trinajstić information content (AvgIpc) is 3.25. The van der Waals surface area contributed by atoms with Gasteiger partial charge in [0.25, 0.3) is 0 Å². The van der Waals surface area contributed by atoms with Crippen molar-refractivity contribution in [1.82, 2.24) is 10.6 Å². The number of halogens is 1. The Morgan fingerprint density at radius 3 is 3.04 bits per heavy atom. The lowest BCUT2D eigenvalue weighted by Crippen LogP contribution is -2.45. The molecular formula is C18H23ClN4O. The average molecular weight is 347 g/mol. The van der Waals surface area contributed by atoms with E-state index in [9.17, 15) is 0 Å². The van der Waals surface area contributed by atoms with Crippen LogP contribution in [0.5, 0.6) is 0 Å². The first kappa shape index (κ1) is 16.7. The highest BCUT2D eigenvalue weighted by molar-refractivity contribution is 6.30. The van der Waals surface area contributed by atoms with E-state index in [-0.39, 0.29) is 0 Å². The molecule has 128 valence electrons. The molecule has 0 spiro atoms. The standard InChI is InChI=1S/C18H23ClN4O/c1-20-18(21-9-7-17-6-3-11-24-17)22-15-8-10-23(13-15)16-5-2-4-14(19)12-16/h2-6,11-12,15H,7-10,13H2,1H3,(H2,20,21,22). The molecule has 1 aromatic carbocycles. The quantitative estimate of drug-likeness (QED) is 0.645. The van der Waals surface area contributed by atoms with E-state index in [0.29, 0.717) is 6.04 Å². The van der Waals surface area contributed by atoms with Crippen LogP contribution in [0.15, 0.2) is 52.1 Å². The highest BCUT2D eigenvalue weighted by Gasteiger charge is 2.23. The molecule has 0 saturated carbocycles. The fraction of sp³-hybridized carbons (Fsp3) is 0.389. The monoisotopic (exact) mass is 346 g/mol. The van der Waals surface area contributed by atoms with Gasteiger partial charge < -0.3 is 20.0 Å². The number of nitrogens with zero attached hydrogens (tertiary/aromatic N) is 2. The first-order valence-corrected chi connectivity index (χ1v) is 8.62. The van der Waals surface area contributed by atoms with E-state index in [1.54, 1.807) is 13.3 Å². The summed E-state index contributed by atoms with van der Waals surface area (Å²) >= 11 is 6.09. The number of benzene rings is 1. The van der Waals surface area contributed by atoms with Crippen LogP contribution in [0, 0.1) is 0 Å². The van der Waals surface area contributed by atoms with Crippen molar-refractivity contribution in [2.24, 2.45) is 4.99 Å². The minimum absolute atomic E-state index is 0.374. The Balaban J connectivity index is 1.46. The van der Waals surface area contributed by atoms with E-state index in [0.717, 1.165) is 49.2 Å². The predicted octanol–water partition coefficient (Wildman–Crippen LogP) is 2.92. The highest BCUT2D eigenvalue weighted by Crippen LogP contribution is 2.23. The zero-order valence-electron chi connectivity index (χ0n) is 13.8. The minimum Gasteiger partial charge on any atom is -0.469 e. The van der Waals surface area contributed by atoms with Gasteiger partial charge in [-0.15, -0.1) is 0 Å². The van der Waals surface area contributed by atoms with Crippen LogP contribution in [0.1, 0.15) is 12.2 Å². The molecule has 1 aromatic heterocycles. The molecule has 0 amide bonds. The highest BCUT2D eigenvalue weighted by atomic mass is 35.5. The Bertz CT molecular complexity index is 671. The van der Waals surface area contributed by atoms with E-state index in [4.69, 9.17) is 16.0 Å². The molecule has 1 aliphatic heterocycles. The summed E-state index contributed by atoms with van der Waals surface area (Å²) in [5.74, 6) is 1.81. The van der Waals surface area contributed by atoms with Crippen LogP contribution in [0.25, 0.3) is 0 Å². The lowest BCUT2D eigenvalue weighted by molar-refractivity contribution is 0.506. The molecule has 24 heavy (non-hydrogen) atoms. The van der Waals surface area contributed by atoms with Crippen molar-refractivity contribution in [3.05, 3.63) is 53.4 Å². The van der Waals surface area contributed by atoms with Crippen molar-refractivity contribution in [3.63, 3.8) is 0 Å². The molecule has 6 heteroatoms. The molecule has 1 atom stereocenters. The van der Waals surface area contributed by atoms with Gasteiger partial charge in [0.15, 0.2) is 5.96 Å². The van der Waals surface area contributed by atoms with E-state index in [1.807, 2.05) is 30.3 Å². The van der Waals surface area contributed by atoms with Crippen molar-refractivity contribution in [3.8, 4) is 0 Å². The summed E-state index contributed by atoms with van der Waals surface area (Å²) in [6.07, 6.45) is 3.61. The third kappa shape index (κ3) is 4.45. The molecule has 1 saturated heterocycles. The zero-order chi connectivity index (χ0) is 16.8. The molecule has 1 unspecified atom stereocenters. The number of furan rings is 1. The first-order valence-electron chi connectivity index (χ1n) is 8.24. The second-order valence-corrected chi connectivity index (χ2v) is 6.32. The summed E-state index contributed by atoms with van der Waals surface area (Å²) in [7, 11) is 1.80. The van der Waals surface area contributed by atoms with Gasteiger partial charge in [-0.3, -0.25) is 4.99 Å². The van der Waals surface area contributed by atoms with Crippen LogP contribution < -0.4 is 15.5 Å². The summed E-state index contributed by atoms with van der Waals surface area (Å²) in [5, 5.41) is 7.61. The van der Waals surface area contributed by atoms with Crippen molar-refractivity contribution >= 4 is 23.2 Å². The van der Waals surface area contributed by atoms with Crippen LogP contribution in [-0.2, 0) is 6.42 Å². The number of nitrogens with one attached hydrogen (secondary N) is 2. The maximum absolute atomic E-state index is 6.09. The van der Waals surface area contributed by atoms with Crippen LogP contribution in [0.4, 0.5) is 5.69 Å². The van der Waals surface area contributed by atoms with E-state index in [1.165, 1.54) is 5.69 Å². The molecule has 0 radical (unpaired) electrons. The van der Waals surface area contributed by atoms with E-state index in [2.05, 4.69) is 26.6 Å².